The molecule has 2 heterocycles. The quantitative estimate of drug-likeness (QED) is 0.712. The van der Waals surface area contributed by atoms with Crippen LogP contribution < -0.4 is 5.73 Å². The van der Waals surface area contributed by atoms with Gasteiger partial charge in [0, 0.05) is 10.6 Å². The van der Waals surface area contributed by atoms with Crippen LogP contribution in [-0.4, -0.2) is 19.6 Å². The highest BCUT2D eigenvalue weighted by Gasteiger charge is 2.09. The summed E-state index contributed by atoms with van der Waals surface area (Å²) in [5.74, 6) is 1.18. The lowest BCUT2D eigenvalue weighted by atomic mass is 10.2. The van der Waals surface area contributed by atoms with Crippen LogP contribution in [-0.2, 0) is 0 Å². The third-order valence-electron chi connectivity index (χ3n) is 2.45. The third kappa shape index (κ3) is 1.60. The zero-order valence-corrected chi connectivity index (χ0v) is 9.46. The number of anilines is 1. The molecule has 2 N–H and O–H groups in total. The minimum Gasteiger partial charge on any atom is -0.383 e. The first-order valence-corrected chi connectivity index (χ1v) is 5.34. The molecule has 3 aromatic rings. The molecule has 0 fully saturated rings. The topological polar surface area (TPSA) is 69.1 Å². The number of nitrogens with two attached hydrogens (primary N) is 1. The fourth-order valence-electron chi connectivity index (χ4n) is 1.66. The van der Waals surface area contributed by atoms with Crippen molar-refractivity contribution in [1.82, 2.24) is 19.6 Å². The minimum absolute atomic E-state index is 0.498. The Hall–Kier alpha value is -2.14. The molecule has 0 saturated heterocycles. The van der Waals surface area contributed by atoms with Crippen LogP contribution in [0.5, 0.6) is 0 Å². The van der Waals surface area contributed by atoms with E-state index >= 15 is 0 Å². The Labute approximate surface area is 102 Å². The van der Waals surface area contributed by atoms with E-state index in [1.165, 1.54) is 0 Å². The van der Waals surface area contributed by atoms with E-state index in [2.05, 4.69) is 15.2 Å². The Bertz CT molecular complexity index is 674. The summed E-state index contributed by atoms with van der Waals surface area (Å²) < 4.78 is 1.75. The Kier molecular flexibility index (Phi) is 2.19. The van der Waals surface area contributed by atoms with Crippen molar-refractivity contribution in [2.24, 2.45) is 0 Å². The fraction of sp³-hybridized carbons (Fsp3) is 0. The predicted molar refractivity (Wildman–Crippen MR) is 65.6 cm³/mol. The maximum absolute atomic E-state index is 5.86. The molecule has 0 unspecified atom stereocenters. The van der Waals surface area contributed by atoms with Crippen molar-refractivity contribution >= 4 is 23.1 Å². The fourth-order valence-corrected chi connectivity index (χ4v) is 1.78. The van der Waals surface area contributed by atoms with Crippen LogP contribution in [0.2, 0.25) is 5.02 Å². The molecule has 0 saturated carbocycles. The molecule has 17 heavy (non-hydrogen) atoms. The molecule has 1 aromatic carbocycles. The van der Waals surface area contributed by atoms with Crippen molar-refractivity contribution in [3.05, 3.63) is 41.7 Å². The van der Waals surface area contributed by atoms with E-state index in [1.807, 2.05) is 12.1 Å². The number of rotatable bonds is 1. The van der Waals surface area contributed by atoms with Gasteiger partial charge in [0.2, 0.25) is 0 Å². The lowest BCUT2D eigenvalue weighted by Gasteiger charge is -2.02. The molecule has 0 aliphatic heterocycles. The predicted octanol–water partition coefficient (Wildman–Crippen LogP) is 2.03. The van der Waals surface area contributed by atoms with Crippen molar-refractivity contribution in [2.75, 3.05) is 5.73 Å². The highest BCUT2D eigenvalue weighted by atomic mass is 35.5. The van der Waals surface area contributed by atoms with Crippen molar-refractivity contribution in [3.63, 3.8) is 0 Å². The van der Waals surface area contributed by atoms with Crippen LogP contribution in [0.4, 0.5) is 5.82 Å². The Morgan fingerprint density at radius 1 is 1.06 bits per heavy atom. The first-order valence-electron chi connectivity index (χ1n) is 4.96. The van der Waals surface area contributed by atoms with Gasteiger partial charge in [0.1, 0.15) is 5.82 Å². The van der Waals surface area contributed by atoms with Crippen LogP contribution in [0.1, 0.15) is 0 Å². The van der Waals surface area contributed by atoms with E-state index in [0.29, 0.717) is 22.3 Å². The molecule has 0 aliphatic carbocycles. The van der Waals surface area contributed by atoms with Gasteiger partial charge in [-0.05, 0) is 24.3 Å². The maximum atomic E-state index is 5.86. The molecule has 84 valence electrons. The highest BCUT2D eigenvalue weighted by Crippen LogP contribution is 2.21. The van der Waals surface area contributed by atoms with Gasteiger partial charge < -0.3 is 5.73 Å². The van der Waals surface area contributed by atoms with Crippen LogP contribution >= 0.6 is 11.6 Å². The number of hydrogen-bond donors (Lipinski definition) is 1. The van der Waals surface area contributed by atoms with Gasteiger partial charge in [-0.25, -0.2) is 0 Å². The monoisotopic (exact) mass is 245 g/mol. The van der Waals surface area contributed by atoms with E-state index in [4.69, 9.17) is 17.3 Å². The van der Waals surface area contributed by atoms with E-state index in [-0.39, 0.29) is 0 Å². The molecule has 0 aliphatic rings. The number of fused-ring (bicyclic) bond motifs is 1. The van der Waals surface area contributed by atoms with Crippen molar-refractivity contribution in [1.29, 1.82) is 0 Å². The molecule has 6 heteroatoms. The second kappa shape index (κ2) is 3.71. The molecular weight excluding hydrogens is 238 g/mol. The molecular formula is C11H8ClN5. The molecule has 0 bridgehead atoms. The van der Waals surface area contributed by atoms with E-state index in [0.717, 1.165) is 5.56 Å². The zero-order chi connectivity index (χ0) is 11.8. The molecule has 0 spiro atoms. The third-order valence-corrected chi connectivity index (χ3v) is 2.70. The minimum atomic E-state index is 0.498. The summed E-state index contributed by atoms with van der Waals surface area (Å²) in [5.41, 5.74) is 7.39. The van der Waals surface area contributed by atoms with Crippen LogP contribution in [0, 0.1) is 0 Å². The number of hydrogen-bond acceptors (Lipinski definition) is 4. The van der Waals surface area contributed by atoms with Gasteiger partial charge in [0.25, 0.3) is 0 Å². The van der Waals surface area contributed by atoms with Crippen LogP contribution in [0.25, 0.3) is 17.0 Å². The van der Waals surface area contributed by atoms with Gasteiger partial charge >= 0.3 is 0 Å². The number of nitrogen functional groups attached to an aromatic ring is 1. The molecule has 0 radical (unpaired) electrons. The Morgan fingerprint density at radius 3 is 2.59 bits per heavy atom. The van der Waals surface area contributed by atoms with E-state index < -0.39 is 0 Å². The molecule has 5 nitrogen and oxygen atoms in total. The van der Waals surface area contributed by atoms with Gasteiger partial charge in [-0.2, -0.15) is 0 Å². The summed E-state index contributed by atoms with van der Waals surface area (Å²) in [7, 11) is 0. The average molecular weight is 246 g/mol. The SMILES string of the molecule is Nc1cncc2nnc(-c3ccc(Cl)cc3)n12. The molecule has 0 atom stereocenters. The zero-order valence-electron chi connectivity index (χ0n) is 8.71. The normalized spacial score (nSPS) is 10.9. The number of halogens is 1. The molecule has 3 rings (SSSR count). The lowest BCUT2D eigenvalue weighted by molar-refractivity contribution is 1.11. The van der Waals surface area contributed by atoms with Gasteiger partial charge in [0.15, 0.2) is 11.5 Å². The summed E-state index contributed by atoms with van der Waals surface area (Å²) in [6.45, 7) is 0. The average Bonchev–Trinajstić information content (AvgIpc) is 2.75. The van der Waals surface area contributed by atoms with Gasteiger partial charge in [-0.3, -0.25) is 9.38 Å². The summed E-state index contributed by atoms with van der Waals surface area (Å²) in [5, 5.41) is 8.80. The van der Waals surface area contributed by atoms with E-state index in [1.54, 1.807) is 28.9 Å². The van der Waals surface area contributed by atoms with Crippen LogP contribution in [0.15, 0.2) is 36.7 Å². The Morgan fingerprint density at radius 2 is 1.82 bits per heavy atom. The first kappa shape index (κ1) is 10.0. The number of benzene rings is 1. The largest absolute Gasteiger partial charge is 0.383 e. The number of aromatic nitrogens is 4. The standard InChI is InChI=1S/C11H8ClN5/c12-8-3-1-7(2-4-8)11-16-15-10-6-14-5-9(13)17(10)11/h1-6H,13H2. The summed E-state index contributed by atoms with van der Waals surface area (Å²) in [6.07, 6.45) is 3.18. The summed E-state index contributed by atoms with van der Waals surface area (Å²) in [6, 6.07) is 7.35. The molecule has 0 amide bonds. The first-order chi connectivity index (χ1) is 8.25. The second-order valence-corrected chi connectivity index (χ2v) is 3.99. The van der Waals surface area contributed by atoms with Crippen molar-refractivity contribution < 1.29 is 0 Å². The maximum Gasteiger partial charge on any atom is 0.181 e. The Balaban J connectivity index is 2.27. The smallest absolute Gasteiger partial charge is 0.181 e. The summed E-state index contributed by atoms with van der Waals surface area (Å²) in [4.78, 5) is 3.96. The summed E-state index contributed by atoms with van der Waals surface area (Å²) >= 11 is 5.85. The van der Waals surface area contributed by atoms with Gasteiger partial charge in [-0.1, -0.05) is 11.6 Å². The highest BCUT2D eigenvalue weighted by molar-refractivity contribution is 6.30. The van der Waals surface area contributed by atoms with Gasteiger partial charge in [-0.15, -0.1) is 10.2 Å². The second-order valence-electron chi connectivity index (χ2n) is 3.56. The molecule has 2 aromatic heterocycles. The van der Waals surface area contributed by atoms with Crippen molar-refractivity contribution in [3.8, 4) is 11.4 Å². The van der Waals surface area contributed by atoms with E-state index in [9.17, 15) is 0 Å². The van der Waals surface area contributed by atoms with Gasteiger partial charge in [0.05, 0.1) is 12.4 Å². The van der Waals surface area contributed by atoms with Crippen molar-refractivity contribution in [2.45, 2.75) is 0 Å². The lowest BCUT2D eigenvalue weighted by Crippen LogP contribution is -1.99. The number of nitrogens with zero attached hydrogens (tertiary/aromatic N) is 4. The van der Waals surface area contributed by atoms with Crippen LogP contribution in [0.3, 0.4) is 0 Å².